The first-order valence-electron chi connectivity index (χ1n) is 6.25. The van der Waals surface area contributed by atoms with Crippen LogP contribution >= 0.6 is 38.9 Å². The number of halogens is 2. The molecule has 0 spiro atoms. The highest BCUT2D eigenvalue weighted by atomic mass is 79.9. The van der Waals surface area contributed by atoms with Crippen LogP contribution in [0.25, 0.3) is 21.8 Å². The summed E-state index contributed by atoms with van der Waals surface area (Å²) in [6.45, 7) is 0. The number of benzene rings is 2. The lowest BCUT2D eigenvalue weighted by Gasteiger charge is -2.00. The first kappa shape index (κ1) is 12.6. The van der Waals surface area contributed by atoms with Crippen molar-refractivity contribution in [2.75, 3.05) is 0 Å². The Bertz CT molecular complexity index is 825. The largest absolute Gasteiger partial charge is 0.236 e. The van der Waals surface area contributed by atoms with Crippen LogP contribution in [-0.2, 0) is 6.42 Å². The van der Waals surface area contributed by atoms with E-state index in [1.807, 2.05) is 24.3 Å². The van der Waals surface area contributed by atoms with Gasteiger partial charge in [0.2, 0.25) is 0 Å². The number of hydrogen-bond donors (Lipinski definition) is 0. The highest BCUT2D eigenvalue weighted by Gasteiger charge is 2.23. The monoisotopic (exact) mass is 361 g/mol. The van der Waals surface area contributed by atoms with Gasteiger partial charge in [-0.15, -0.1) is 11.3 Å². The third kappa shape index (κ3) is 2.01. The second-order valence-electron chi connectivity index (χ2n) is 4.78. The molecule has 0 amide bonds. The topological polar surface area (TPSA) is 12.9 Å². The fraction of sp³-hybridized carbons (Fsp3) is 0.0625. The molecule has 0 saturated heterocycles. The van der Waals surface area contributed by atoms with E-state index in [4.69, 9.17) is 16.6 Å². The maximum Gasteiger partial charge on any atom is 0.124 e. The summed E-state index contributed by atoms with van der Waals surface area (Å²) < 4.78 is 1.08. The van der Waals surface area contributed by atoms with Crippen LogP contribution in [0.2, 0.25) is 5.02 Å². The van der Waals surface area contributed by atoms with Crippen molar-refractivity contribution in [3.05, 3.63) is 62.4 Å². The predicted octanol–water partition coefficient (Wildman–Crippen LogP) is 5.80. The van der Waals surface area contributed by atoms with Crippen molar-refractivity contribution >= 4 is 38.9 Å². The van der Waals surface area contributed by atoms with E-state index < -0.39 is 0 Å². The van der Waals surface area contributed by atoms with Crippen molar-refractivity contribution in [3.63, 3.8) is 0 Å². The molecule has 0 bridgehead atoms. The molecule has 98 valence electrons. The van der Waals surface area contributed by atoms with Gasteiger partial charge in [0.05, 0.1) is 5.69 Å². The maximum absolute atomic E-state index is 6.06. The third-order valence-electron chi connectivity index (χ3n) is 3.44. The normalized spacial score (nSPS) is 12.3. The standard InChI is InChI=1S/C16H9BrClNS/c17-11-3-1-2-9(6-11)16-19-15-13-5-4-12(18)7-10(13)8-14(15)20-16/h1-7H,8H2. The molecule has 20 heavy (non-hydrogen) atoms. The van der Waals surface area contributed by atoms with Crippen LogP contribution in [0.1, 0.15) is 10.4 Å². The summed E-state index contributed by atoms with van der Waals surface area (Å²) >= 11 is 11.3. The minimum atomic E-state index is 0.797. The molecule has 0 atom stereocenters. The smallest absolute Gasteiger partial charge is 0.124 e. The zero-order valence-electron chi connectivity index (χ0n) is 10.4. The van der Waals surface area contributed by atoms with E-state index in [0.717, 1.165) is 32.2 Å². The molecule has 2 aromatic carbocycles. The summed E-state index contributed by atoms with van der Waals surface area (Å²) in [5.74, 6) is 0. The van der Waals surface area contributed by atoms with Crippen LogP contribution in [0.3, 0.4) is 0 Å². The van der Waals surface area contributed by atoms with Crippen molar-refractivity contribution in [1.82, 2.24) is 4.98 Å². The highest BCUT2D eigenvalue weighted by molar-refractivity contribution is 9.10. The average Bonchev–Trinajstić information content (AvgIpc) is 2.95. The minimum Gasteiger partial charge on any atom is -0.236 e. The fourth-order valence-corrected chi connectivity index (χ4v) is 4.23. The van der Waals surface area contributed by atoms with Crippen LogP contribution in [0.5, 0.6) is 0 Å². The Balaban J connectivity index is 1.83. The van der Waals surface area contributed by atoms with E-state index in [9.17, 15) is 0 Å². The maximum atomic E-state index is 6.06. The second-order valence-corrected chi connectivity index (χ2v) is 7.22. The number of rotatable bonds is 1. The molecule has 1 heterocycles. The Kier molecular flexibility index (Phi) is 2.95. The molecular formula is C16H9BrClNS. The predicted molar refractivity (Wildman–Crippen MR) is 88.5 cm³/mol. The zero-order valence-corrected chi connectivity index (χ0v) is 13.5. The summed E-state index contributed by atoms with van der Waals surface area (Å²) in [5.41, 5.74) is 4.79. The molecule has 4 rings (SSSR count). The van der Waals surface area contributed by atoms with E-state index in [1.165, 1.54) is 16.0 Å². The van der Waals surface area contributed by atoms with Crippen molar-refractivity contribution < 1.29 is 0 Å². The number of fused-ring (bicyclic) bond motifs is 3. The van der Waals surface area contributed by atoms with Gasteiger partial charge < -0.3 is 0 Å². The molecule has 1 aliphatic carbocycles. The van der Waals surface area contributed by atoms with E-state index in [1.54, 1.807) is 11.3 Å². The van der Waals surface area contributed by atoms with Crippen molar-refractivity contribution in [1.29, 1.82) is 0 Å². The van der Waals surface area contributed by atoms with Gasteiger partial charge in [-0.05, 0) is 29.8 Å². The lowest BCUT2D eigenvalue weighted by molar-refractivity contribution is 1.31. The Morgan fingerprint density at radius 2 is 2.05 bits per heavy atom. The lowest BCUT2D eigenvalue weighted by atomic mass is 10.1. The van der Waals surface area contributed by atoms with Gasteiger partial charge in [-0.25, -0.2) is 4.98 Å². The number of thiazole rings is 1. The molecule has 0 N–H and O–H groups in total. The molecule has 0 saturated carbocycles. The summed E-state index contributed by atoms with van der Waals surface area (Å²) in [6, 6.07) is 14.3. The van der Waals surface area contributed by atoms with Crippen molar-refractivity contribution in [3.8, 4) is 21.8 Å². The Hall–Kier alpha value is -1.16. The zero-order chi connectivity index (χ0) is 13.7. The van der Waals surface area contributed by atoms with Gasteiger partial charge >= 0.3 is 0 Å². The summed E-state index contributed by atoms with van der Waals surface area (Å²) in [5, 5.41) is 1.88. The van der Waals surface area contributed by atoms with Crippen molar-refractivity contribution in [2.45, 2.75) is 6.42 Å². The van der Waals surface area contributed by atoms with E-state index in [0.29, 0.717) is 0 Å². The number of hydrogen-bond acceptors (Lipinski definition) is 2. The molecule has 0 unspecified atom stereocenters. The van der Waals surface area contributed by atoms with Crippen LogP contribution < -0.4 is 0 Å². The molecule has 1 aliphatic rings. The van der Waals surface area contributed by atoms with E-state index >= 15 is 0 Å². The summed E-state index contributed by atoms with van der Waals surface area (Å²) in [6.07, 6.45) is 0.941. The van der Waals surface area contributed by atoms with E-state index in [2.05, 4.69) is 34.1 Å². The van der Waals surface area contributed by atoms with Gasteiger partial charge in [0.15, 0.2) is 0 Å². The van der Waals surface area contributed by atoms with Crippen LogP contribution in [0.4, 0.5) is 0 Å². The van der Waals surface area contributed by atoms with Gasteiger partial charge in [0.1, 0.15) is 5.01 Å². The lowest BCUT2D eigenvalue weighted by Crippen LogP contribution is -1.82. The fourth-order valence-electron chi connectivity index (χ4n) is 2.54. The first-order chi connectivity index (χ1) is 9.70. The van der Waals surface area contributed by atoms with Crippen LogP contribution in [0.15, 0.2) is 46.9 Å². The van der Waals surface area contributed by atoms with Gasteiger partial charge in [0, 0.05) is 31.9 Å². The molecule has 0 aliphatic heterocycles. The average molecular weight is 363 g/mol. The van der Waals surface area contributed by atoms with Crippen molar-refractivity contribution in [2.24, 2.45) is 0 Å². The second kappa shape index (κ2) is 4.69. The van der Waals surface area contributed by atoms with E-state index in [-0.39, 0.29) is 0 Å². The number of aromatic nitrogens is 1. The van der Waals surface area contributed by atoms with Crippen LogP contribution in [0, 0.1) is 0 Å². The van der Waals surface area contributed by atoms with Gasteiger partial charge in [0.25, 0.3) is 0 Å². The molecule has 1 nitrogen and oxygen atoms in total. The minimum absolute atomic E-state index is 0.797. The SMILES string of the molecule is Clc1ccc2c(c1)Cc1sc(-c3cccc(Br)c3)nc1-2. The Labute approximate surface area is 134 Å². The quantitative estimate of drug-likeness (QED) is 0.417. The Morgan fingerprint density at radius 3 is 2.90 bits per heavy atom. The highest BCUT2D eigenvalue weighted by Crippen LogP contribution is 2.43. The first-order valence-corrected chi connectivity index (χ1v) is 8.24. The molecule has 0 fully saturated rings. The van der Waals surface area contributed by atoms with Gasteiger partial charge in [-0.3, -0.25) is 0 Å². The molecule has 0 radical (unpaired) electrons. The third-order valence-corrected chi connectivity index (χ3v) is 5.28. The molecule has 3 aromatic rings. The summed E-state index contributed by atoms with van der Waals surface area (Å²) in [7, 11) is 0. The summed E-state index contributed by atoms with van der Waals surface area (Å²) in [4.78, 5) is 6.16. The number of nitrogens with zero attached hydrogens (tertiary/aromatic N) is 1. The Morgan fingerprint density at radius 1 is 1.15 bits per heavy atom. The molecule has 4 heteroatoms. The molecule has 1 aromatic heterocycles. The van der Waals surface area contributed by atoms with Crippen LogP contribution in [-0.4, -0.2) is 4.98 Å². The molecular weight excluding hydrogens is 354 g/mol. The van der Waals surface area contributed by atoms with Gasteiger partial charge in [-0.1, -0.05) is 45.7 Å². The van der Waals surface area contributed by atoms with Gasteiger partial charge in [-0.2, -0.15) is 0 Å².